The van der Waals surface area contributed by atoms with E-state index in [0.717, 1.165) is 5.56 Å². The molecule has 18 heavy (non-hydrogen) atoms. The first kappa shape index (κ1) is 12.7. The maximum Gasteiger partial charge on any atom is 0.289 e. The van der Waals surface area contributed by atoms with Gasteiger partial charge in [-0.2, -0.15) is 0 Å². The zero-order valence-electron chi connectivity index (χ0n) is 10.1. The predicted molar refractivity (Wildman–Crippen MR) is 70.6 cm³/mol. The van der Waals surface area contributed by atoms with E-state index in [9.17, 15) is 4.79 Å². The van der Waals surface area contributed by atoms with Gasteiger partial charge in [0, 0.05) is 13.1 Å². The molecule has 0 saturated carbocycles. The second kappa shape index (κ2) is 5.74. The van der Waals surface area contributed by atoms with Crippen molar-refractivity contribution in [3.63, 3.8) is 0 Å². The molecule has 3 nitrogen and oxygen atoms in total. The normalized spacial score (nSPS) is 10.3. The van der Waals surface area contributed by atoms with Crippen molar-refractivity contribution in [3.8, 4) is 0 Å². The van der Waals surface area contributed by atoms with Crippen molar-refractivity contribution < 1.29 is 9.21 Å². The van der Waals surface area contributed by atoms with E-state index in [0.29, 0.717) is 13.1 Å². The van der Waals surface area contributed by atoms with Crippen LogP contribution < -0.4 is 0 Å². The van der Waals surface area contributed by atoms with Gasteiger partial charge in [-0.3, -0.25) is 4.79 Å². The van der Waals surface area contributed by atoms with Gasteiger partial charge in [0.15, 0.2) is 11.0 Å². The Labute approximate surface area is 111 Å². The van der Waals surface area contributed by atoms with E-state index >= 15 is 0 Å². The summed E-state index contributed by atoms with van der Waals surface area (Å²) in [5, 5.41) is 0.231. The molecule has 0 saturated heterocycles. The smallest absolute Gasteiger partial charge is 0.289 e. The molecule has 0 aliphatic heterocycles. The number of benzene rings is 1. The summed E-state index contributed by atoms with van der Waals surface area (Å²) in [5.41, 5.74) is 1.09. The summed E-state index contributed by atoms with van der Waals surface area (Å²) < 4.78 is 5.14. The van der Waals surface area contributed by atoms with Gasteiger partial charge in [-0.25, -0.2) is 0 Å². The number of amides is 1. The maximum atomic E-state index is 12.2. The first-order valence-electron chi connectivity index (χ1n) is 5.79. The zero-order valence-corrected chi connectivity index (χ0v) is 10.9. The highest BCUT2D eigenvalue weighted by molar-refractivity contribution is 6.29. The van der Waals surface area contributed by atoms with E-state index in [1.54, 1.807) is 17.0 Å². The molecule has 0 N–H and O–H groups in total. The maximum absolute atomic E-state index is 12.2. The molecule has 1 aromatic heterocycles. The highest BCUT2D eigenvalue weighted by Gasteiger charge is 2.17. The Bertz CT molecular complexity index is 522. The molecule has 0 aliphatic carbocycles. The Kier molecular flexibility index (Phi) is 4.05. The molecule has 0 atom stereocenters. The van der Waals surface area contributed by atoms with Gasteiger partial charge in [0.25, 0.3) is 5.91 Å². The number of furan rings is 1. The van der Waals surface area contributed by atoms with Crippen LogP contribution in [0, 0.1) is 0 Å². The Morgan fingerprint density at radius 3 is 2.50 bits per heavy atom. The molecular weight excluding hydrogens is 250 g/mol. The molecule has 94 valence electrons. The van der Waals surface area contributed by atoms with E-state index in [2.05, 4.69) is 0 Å². The van der Waals surface area contributed by atoms with Crippen LogP contribution in [0.25, 0.3) is 0 Å². The molecule has 0 fully saturated rings. The molecule has 2 rings (SSSR count). The Hall–Kier alpha value is -1.74. The second-order valence-corrected chi connectivity index (χ2v) is 4.28. The van der Waals surface area contributed by atoms with Crippen LogP contribution in [0.1, 0.15) is 23.0 Å². The Morgan fingerprint density at radius 2 is 1.94 bits per heavy atom. The van der Waals surface area contributed by atoms with Crippen LogP contribution in [0.3, 0.4) is 0 Å². The second-order valence-electron chi connectivity index (χ2n) is 3.91. The van der Waals surface area contributed by atoms with Crippen LogP contribution in [0.4, 0.5) is 0 Å². The van der Waals surface area contributed by atoms with Gasteiger partial charge in [-0.05, 0) is 36.2 Å². The molecule has 0 aliphatic rings. The molecule has 4 heteroatoms. The van der Waals surface area contributed by atoms with E-state index in [-0.39, 0.29) is 16.9 Å². The fourth-order valence-corrected chi connectivity index (χ4v) is 1.86. The van der Waals surface area contributed by atoms with Crippen LogP contribution in [-0.2, 0) is 6.54 Å². The summed E-state index contributed by atoms with van der Waals surface area (Å²) in [4.78, 5) is 13.9. The lowest BCUT2D eigenvalue weighted by Gasteiger charge is -2.19. The van der Waals surface area contributed by atoms with Crippen molar-refractivity contribution in [3.05, 3.63) is 59.0 Å². The van der Waals surface area contributed by atoms with Gasteiger partial charge in [0.2, 0.25) is 0 Å². The van der Waals surface area contributed by atoms with Gasteiger partial charge in [0.1, 0.15) is 0 Å². The largest absolute Gasteiger partial charge is 0.440 e. The molecule has 0 unspecified atom stereocenters. The van der Waals surface area contributed by atoms with Gasteiger partial charge < -0.3 is 9.32 Å². The lowest BCUT2D eigenvalue weighted by atomic mass is 10.2. The quantitative estimate of drug-likeness (QED) is 0.845. The molecule has 1 aromatic carbocycles. The highest BCUT2D eigenvalue weighted by Crippen LogP contribution is 2.16. The Balaban J connectivity index is 2.12. The van der Waals surface area contributed by atoms with Crippen LogP contribution in [0.15, 0.2) is 46.9 Å². The topological polar surface area (TPSA) is 33.5 Å². The van der Waals surface area contributed by atoms with Crippen molar-refractivity contribution in [2.24, 2.45) is 0 Å². The van der Waals surface area contributed by atoms with E-state index < -0.39 is 0 Å². The molecule has 0 bridgehead atoms. The van der Waals surface area contributed by atoms with Gasteiger partial charge >= 0.3 is 0 Å². The Morgan fingerprint density at radius 1 is 1.22 bits per heavy atom. The first-order valence-corrected chi connectivity index (χ1v) is 6.17. The van der Waals surface area contributed by atoms with Crippen LogP contribution in [0.2, 0.25) is 5.22 Å². The third-order valence-electron chi connectivity index (χ3n) is 2.67. The van der Waals surface area contributed by atoms with Crippen molar-refractivity contribution in [1.82, 2.24) is 4.90 Å². The van der Waals surface area contributed by atoms with Crippen molar-refractivity contribution in [2.75, 3.05) is 6.54 Å². The first-order chi connectivity index (χ1) is 8.70. The number of hydrogen-bond acceptors (Lipinski definition) is 2. The van der Waals surface area contributed by atoms with Crippen molar-refractivity contribution in [2.45, 2.75) is 13.5 Å². The number of carbonyl (C=O) groups excluding carboxylic acids is 1. The molecule has 1 heterocycles. The van der Waals surface area contributed by atoms with Crippen molar-refractivity contribution in [1.29, 1.82) is 0 Å². The zero-order chi connectivity index (χ0) is 13.0. The number of rotatable bonds is 4. The molecule has 0 spiro atoms. The summed E-state index contributed by atoms with van der Waals surface area (Å²) >= 11 is 5.68. The van der Waals surface area contributed by atoms with Gasteiger partial charge in [-0.15, -0.1) is 0 Å². The minimum Gasteiger partial charge on any atom is -0.440 e. The molecular formula is C14H14ClNO2. The monoisotopic (exact) mass is 263 g/mol. The third kappa shape index (κ3) is 2.93. The summed E-state index contributed by atoms with van der Waals surface area (Å²) in [5.74, 6) is 0.131. The third-order valence-corrected chi connectivity index (χ3v) is 2.87. The highest BCUT2D eigenvalue weighted by atomic mass is 35.5. The minimum atomic E-state index is -0.145. The average molecular weight is 264 g/mol. The lowest BCUT2D eigenvalue weighted by molar-refractivity contribution is 0.0720. The number of carbonyl (C=O) groups is 1. The standard InChI is InChI=1S/C14H14ClNO2/c1-2-16(10-11-6-4-3-5-7-11)14(17)12-8-9-13(15)18-12/h3-9H,2,10H2,1H3. The number of nitrogens with zero attached hydrogens (tertiary/aromatic N) is 1. The van der Waals surface area contributed by atoms with Gasteiger partial charge in [-0.1, -0.05) is 30.3 Å². The van der Waals surface area contributed by atoms with Crippen molar-refractivity contribution >= 4 is 17.5 Å². The SMILES string of the molecule is CCN(Cc1ccccc1)C(=O)c1ccc(Cl)o1. The fourth-order valence-electron chi connectivity index (χ4n) is 1.72. The number of hydrogen-bond donors (Lipinski definition) is 0. The minimum absolute atomic E-state index is 0.145. The fraction of sp³-hybridized carbons (Fsp3) is 0.214. The van der Waals surface area contributed by atoms with Gasteiger partial charge in [0.05, 0.1) is 0 Å². The summed E-state index contributed by atoms with van der Waals surface area (Å²) in [6.45, 7) is 3.12. The average Bonchev–Trinajstić information content (AvgIpc) is 2.83. The van der Waals surface area contributed by atoms with E-state index in [1.165, 1.54) is 0 Å². The summed E-state index contributed by atoms with van der Waals surface area (Å²) in [6.07, 6.45) is 0. The molecule has 2 aromatic rings. The molecule has 1 amide bonds. The van der Waals surface area contributed by atoms with Crippen LogP contribution >= 0.6 is 11.6 Å². The van der Waals surface area contributed by atoms with Crippen LogP contribution in [0.5, 0.6) is 0 Å². The molecule has 0 radical (unpaired) electrons. The predicted octanol–water partition coefficient (Wildman–Crippen LogP) is 3.60. The lowest BCUT2D eigenvalue weighted by Crippen LogP contribution is -2.29. The van der Waals surface area contributed by atoms with E-state index in [4.69, 9.17) is 16.0 Å². The summed E-state index contributed by atoms with van der Waals surface area (Å²) in [7, 11) is 0. The van der Waals surface area contributed by atoms with Crippen LogP contribution in [-0.4, -0.2) is 17.4 Å². The summed E-state index contributed by atoms with van der Waals surface area (Å²) in [6, 6.07) is 13.0. The number of halogens is 1. The van der Waals surface area contributed by atoms with E-state index in [1.807, 2.05) is 37.3 Å².